The van der Waals surface area contributed by atoms with Crippen LogP contribution in [0.2, 0.25) is 0 Å². The fourth-order valence-electron chi connectivity index (χ4n) is 10.8. The molecule has 0 aliphatic heterocycles. The van der Waals surface area contributed by atoms with Gasteiger partial charge >= 0.3 is 0 Å². The number of fused-ring (bicyclic) bond motifs is 9. The highest BCUT2D eigenvalue weighted by Crippen LogP contribution is 2.56. The Kier molecular flexibility index (Phi) is 7.96. The Bertz CT molecular complexity index is 3240. The smallest absolute Gasteiger partial charge is 0.136 e. The van der Waals surface area contributed by atoms with Crippen LogP contribution < -0.4 is 4.90 Å². The maximum absolute atomic E-state index is 6.58. The lowest BCUT2D eigenvalue weighted by atomic mass is 9.81. The number of benzene rings is 9. The highest BCUT2D eigenvalue weighted by molar-refractivity contribution is 6.13. The van der Waals surface area contributed by atoms with Crippen molar-refractivity contribution >= 4 is 39.0 Å². The summed E-state index contributed by atoms with van der Waals surface area (Å²) < 4.78 is 6.58. The fraction of sp³-hybridized carbons (Fsp3) is 0.100. The third-order valence-corrected chi connectivity index (χ3v) is 13.9. The van der Waals surface area contributed by atoms with Gasteiger partial charge in [0.15, 0.2) is 0 Å². The lowest BCUT2D eigenvalue weighted by Crippen LogP contribution is -2.18. The van der Waals surface area contributed by atoms with Crippen LogP contribution >= 0.6 is 0 Å². The van der Waals surface area contributed by atoms with Gasteiger partial charge in [0, 0.05) is 38.7 Å². The zero-order chi connectivity index (χ0) is 41.7. The average Bonchev–Trinajstić information content (AvgIpc) is 3.89. The zero-order valence-corrected chi connectivity index (χ0v) is 35.4. The van der Waals surface area contributed by atoms with Gasteiger partial charge in [0.2, 0.25) is 0 Å². The summed E-state index contributed by atoms with van der Waals surface area (Å²) in [4.78, 5) is 2.47. The van der Waals surface area contributed by atoms with Crippen LogP contribution in [0.5, 0.6) is 0 Å². The summed E-state index contributed by atoms with van der Waals surface area (Å²) in [6.45, 7) is 9.53. The SMILES string of the molecule is CC1(C)c2cc(N(c3ccc4c(c3)C(C)(C)c3cccc(-c5ccccc5)c3-4)c3ccc4oc5cccc(-c6ccccc6)c5c4c3)ccc2-c2c(-c3ccccc3)cccc21. The molecule has 12 rings (SSSR count). The van der Waals surface area contributed by atoms with E-state index in [1.54, 1.807) is 0 Å². The van der Waals surface area contributed by atoms with Crippen LogP contribution in [0.3, 0.4) is 0 Å². The molecule has 2 aliphatic carbocycles. The molecule has 62 heavy (non-hydrogen) atoms. The summed E-state index contributed by atoms with van der Waals surface area (Å²) in [5.41, 5.74) is 22.7. The van der Waals surface area contributed by atoms with Crippen molar-refractivity contribution in [2.75, 3.05) is 4.90 Å². The van der Waals surface area contributed by atoms with Gasteiger partial charge in [-0.15, -0.1) is 0 Å². The predicted molar refractivity (Wildman–Crippen MR) is 260 cm³/mol. The molecule has 0 radical (unpaired) electrons. The zero-order valence-electron chi connectivity index (χ0n) is 35.4. The molecule has 1 aromatic heterocycles. The summed E-state index contributed by atoms with van der Waals surface area (Å²) in [6, 6.07) is 73.4. The Labute approximate surface area is 363 Å². The van der Waals surface area contributed by atoms with Crippen molar-refractivity contribution in [2.45, 2.75) is 38.5 Å². The van der Waals surface area contributed by atoms with Crippen molar-refractivity contribution in [3.05, 3.63) is 222 Å². The van der Waals surface area contributed by atoms with Crippen LogP contribution in [0.15, 0.2) is 205 Å². The van der Waals surface area contributed by atoms with Crippen molar-refractivity contribution in [1.29, 1.82) is 0 Å². The average molecular weight is 796 g/mol. The van der Waals surface area contributed by atoms with E-state index in [1.807, 2.05) is 0 Å². The minimum atomic E-state index is -0.207. The lowest BCUT2D eigenvalue weighted by Gasteiger charge is -2.29. The third kappa shape index (κ3) is 5.36. The van der Waals surface area contributed by atoms with Gasteiger partial charge < -0.3 is 9.32 Å². The first-order chi connectivity index (χ1) is 30.3. The van der Waals surface area contributed by atoms with Crippen molar-refractivity contribution in [1.82, 2.24) is 0 Å². The van der Waals surface area contributed by atoms with E-state index in [0.717, 1.165) is 39.0 Å². The van der Waals surface area contributed by atoms with Gasteiger partial charge in [0.25, 0.3) is 0 Å². The molecule has 0 saturated carbocycles. The van der Waals surface area contributed by atoms with Crippen molar-refractivity contribution in [3.8, 4) is 55.6 Å². The fourth-order valence-corrected chi connectivity index (χ4v) is 10.8. The summed E-state index contributed by atoms with van der Waals surface area (Å²) in [7, 11) is 0. The number of rotatable bonds is 6. The van der Waals surface area contributed by atoms with Crippen LogP contribution in [0, 0.1) is 0 Å². The highest BCUT2D eigenvalue weighted by atomic mass is 16.3. The first-order valence-corrected chi connectivity index (χ1v) is 21.8. The first-order valence-electron chi connectivity index (χ1n) is 21.8. The van der Waals surface area contributed by atoms with E-state index in [-0.39, 0.29) is 10.8 Å². The maximum atomic E-state index is 6.58. The standard InChI is InChI=1S/C60H45NO/c1-59(2)50-26-14-23-44(38-17-8-5-9-18-38)56(50)47-32-29-42(36-52(47)59)61(41-31-34-54-49(35-41)58-46(25-16-28-55(58)62-54)40-21-12-7-13-22-40)43-30-33-48-53(37-43)60(3,4)51-27-15-24-45(57(48)51)39-19-10-6-11-20-39/h5-37H,1-4H3. The Morgan fingerprint density at radius 2 is 0.774 bits per heavy atom. The molecule has 1 heterocycles. The predicted octanol–water partition coefficient (Wildman–Crippen LogP) is 16.7. The summed E-state index contributed by atoms with van der Waals surface area (Å²) in [6.07, 6.45) is 0. The Morgan fingerprint density at radius 1 is 0.339 bits per heavy atom. The molecule has 0 spiro atoms. The van der Waals surface area contributed by atoms with E-state index in [1.165, 1.54) is 77.9 Å². The topological polar surface area (TPSA) is 16.4 Å². The second-order valence-electron chi connectivity index (χ2n) is 18.1. The quantitative estimate of drug-likeness (QED) is 0.167. The molecule has 0 amide bonds. The minimum Gasteiger partial charge on any atom is -0.456 e. The van der Waals surface area contributed by atoms with Gasteiger partial charge in [-0.1, -0.05) is 179 Å². The Hall–Kier alpha value is -7.42. The highest BCUT2D eigenvalue weighted by Gasteiger charge is 2.39. The molecule has 2 heteroatoms. The summed E-state index contributed by atoms with van der Waals surface area (Å²) in [5, 5.41) is 2.23. The minimum absolute atomic E-state index is 0.207. The van der Waals surface area contributed by atoms with Gasteiger partial charge in [-0.3, -0.25) is 0 Å². The first kappa shape index (κ1) is 36.4. The number of hydrogen-bond acceptors (Lipinski definition) is 2. The van der Waals surface area contributed by atoms with Crippen LogP contribution in [0.25, 0.3) is 77.6 Å². The van der Waals surface area contributed by atoms with E-state index < -0.39 is 0 Å². The number of furan rings is 1. The molecule has 2 nitrogen and oxygen atoms in total. The van der Waals surface area contributed by atoms with E-state index in [0.29, 0.717) is 0 Å². The Morgan fingerprint density at radius 3 is 1.29 bits per heavy atom. The van der Waals surface area contributed by atoms with E-state index in [4.69, 9.17) is 4.42 Å². The molecule has 0 unspecified atom stereocenters. The molecule has 0 N–H and O–H groups in total. The molecule has 0 saturated heterocycles. The molecule has 9 aromatic carbocycles. The lowest BCUT2D eigenvalue weighted by molar-refractivity contribution is 0.660. The number of anilines is 3. The molecule has 296 valence electrons. The third-order valence-electron chi connectivity index (χ3n) is 13.9. The second kappa shape index (κ2) is 13.5. The van der Waals surface area contributed by atoms with Gasteiger partial charge in [-0.25, -0.2) is 0 Å². The van der Waals surface area contributed by atoms with Crippen molar-refractivity contribution in [3.63, 3.8) is 0 Å². The van der Waals surface area contributed by atoms with Gasteiger partial charge in [-0.2, -0.15) is 0 Å². The number of hydrogen-bond donors (Lipinski definition) is 0. The van der Waals surface area contributed by atoms with Crippen LogP contribution in [-0.2, 0) is 10.8 Å². The van der Waals surface area contributed by atoms with Crippen molar-refractivity contribution in [2.24, 2.45) is 0 Å². The molecule has 2 aliphatic rings. The largest absolute Gasteiger partial charge is 0.456 e. The van der Waals surface area contributed by atoms with Gasteiger partial charge in [0.1, 0.15) is 11.2 Å². The molecule has 10 aromatic rings. The van der Waals surface area contributed by atoms with Crippen molar-refractivity contribution < 1.29 is 4.42 Å². The van der Waals surface area contributed by atoms with Gasteiger partial charge in [0.05, 0.1) is 0 Å². The molecular formula is C60H45NO. The van der Waals surface area contributed by atoms with Crippen LogP contribution in [-0.4, -0.2) is 0 Å². The summed E-state index contributed by atoms with van der Waals surface area (Å²) in [5.74, 6) is 0. The van der Waals surface area contributed by atoms with E-state index in [2.05, 4.69) is 233 Å². The molecule has 0 bridgehead atoms. The molecule has 0 atom stereocenters. The van der Waals surface area contributed by atoms with Crippen LogP contribution in [0.4, 0.5) is 17.1 Å². The maximum Gasteiger partial charge on any atom is 0.136 e. The van der Waals surface area contributed by atoms with E-state index in [9.17, 15) is 0 Å². The molecular weight excluding hydrogens is 751 g/mol. The van der Waals surface area contributed by atoms with Crippen LogP contribution in [0.1, 0.15) is 49.9 Å². The Balaban J connectivity index is 1.08. The second-order valence-corrected chi connectivity index (χ2v) is 18.1. The summed E-state index contributed by atoms with van der Waals surface area (Å²) >= 11 is 0. The number of nitrogens with zero attached hydrogens (tertiary/aromatic N) is 1. The van der Waals surface area contributed by atoms with Gasteiger partial charge in [-0.05, 0) is 126 Å². The molecule has 0 fully saturated rings. The normalized spacial score (nSPS) is 14.1. The van der Waals surface area contributed by atoms with E-state index >= 15 is 0 Å². The monoisotopic (exact) mass is 795 g/mol.